The van der Waals surface area contributed by atoms with Gasteiger partial charge >= 0.3 is 0 Å². The summed E-state index contributed by atoms with van der Waals surface area (Å²) in [5.41, 5.74) is 1.63. The quantitative estimate of drug-likeness (QED) is 0.633. The predicted molar refractivity (Wildman–Crippen MR) is 82.1 cm³/mol. The molecule has 1 aromatic carbocycles. The summed E-state index contributed by atoms with van der Waals surface area (Å²) in [5.74, 6) is 0. The van der Waals surface area contributed by atoms with Gasteiger partial charge in [-0.15, -0.1) is 0 Å². The van der Waals surface area contributed by atoms with Gasteiger partial charge in [-0.3, -0.25) is 4.55 Å². The summed E-state index contributed by atoms with van der Waals surface area (Å²) in [6.45, 7) is 2.12. The molecule has 0 amide bonds. The minimum atomic E-state index is -4.14. The molecule has 0 spiro atoms. The van der Waals surface area contributed by atoms with Gasteiger partial charge in [-0.1, -0.05) is 69.0 Å². The lowest BCUT2D eigenvalue weighted by atomic mass is 9.82. The van der Waals surface area contributed by atoms with Gasteiger partial charge in [0.15, 0.2) is 0 Å². The molecule has 1 aliphatic carbocycles. The third kappa shape index (κ3) is 2.81. The first-order valence-corrected chi connectivity index (χ1v) is 8.68. The second kappa shape index (κ2) is 6.10. The van der Waals surface area contributed by atoms with Crippen molar-refractivity contribution in [1.82, 2.24) is 0 Å². The van der Waals surface area contributed by atoms with E-state index in [0.29, 0.717) is 12.8 Å². The molecule has 4 heteroatoms. The first-order valence-electron chi connectivity index (χ1n) is 7.24. The molecule has 1 N–H and O–H groups in total. The molecule has 1 aromatic rings. The van der Waals surface area contributed by atoms with Crippen LogP contribution < -0.4 is 0 Å². The number of rotatable bonds is 6. The first-order chi connectivity index (χ1) is 9.51. The summed E-state index contributed by atoms with van der Waals surface area (Å²) in [6.07, 6.45) is 8.65. The lowest BCUT2D eigenvalue weighted by molar-refractivity contribution is 0.399. The van der Waals surface area contributed by atoms with E-state index in [1.807, 2.05) is 36.4 Å². The van der Waals surface area contributed by atoms with Gasteiger partial charge in [0.25, 0.3) is 10.1 Å². The summed E-state index contributed by atoms with van der Waals surface area (Å²) < 4.78 is 32.8. The smallest absolute Gasteiger partial charge is 0.275 e. The lowest BCUT2D eigenvalue weighted by Gasteiger charge is -2.34. The van der Waals surface area contributed by atoms with E-state index < -0.39 is 14.9 Å². The van der Waals surface area contributed by atoms with E-state index in [4.69, 9.17) is 0 Å². The summed E-state index contributed by atoms with van der Waals surface area (Å²) in [7, 11) is -4.14. The van der Waals surface area contributed by atoms with Crippen molar-refractivity contribution in [1.29, 1.82) is 0 Å². The molecule has 0 fully saturated rings. The molecule has 0 heterocycles. The summed E-state index contributed by atoms with van der Waals surface area (Å²) in [6, 6.07) is 7.45. The molecule has 1 atom stereocenters. The molecule has 1 unspecified atom stereocenters. The van der Waals surface area contributed by atoms with Crippen molar-refractivity contribution in [3.63, 3.8) is 0 Å². The summed E-state index contributed by atoms with van der Waals surface area (Å²) in [5, 5.41) is 0. The van der Waals surface area contributed by atoms with Gasteiger partial charge in [0, 0.05) is 0 Å². The van der Waals surface area contributed by atoms with Gasteiger partial charge in [-0.25, -0.2) is 0 Å². The SMILES string of the molecule is CCCCCCC1(S(=O)(=O)O)CC=Cc2ccccc21. The fourth-order valence-electron chi connectivity index (χ4n) is 2.99. The average Bonchev–Trinajstić information content (AvgIpc) is 2.42. The van der Waals surface area contributed by atoms with Gasteiger partial charge in [0.05, 0.1) is 0 Å². The summed E-state index contributed by atoms with van der Waals surface area (Å²) in [4.78, 5) is 0. The van der Waals surface area contributed by atoms with Crippen molar-refractivity contribution < 1.29 is 13.0 Å². The van der Waals surface area contributed by atoms with Gasteiger partial charge in [-0.2, -0.15) is 8.42 Å². The number of allylic oxidation sites excluding steroid dienone is 1. The van der Waals surface area contributed by atoms with Crippen LogP contribution in [0, 0.1) is 0 Å². The van der Waals surface area contributed by atoms with E-state index in [1.54, 1.807) is 0 Å². The van der Waals surface area contributed by atoms with Gasteiger partial charge < -0.3 is 0 Å². The van der Waals surface area contributed by atoms with E-state index in [2.05, 4.69) is 6.92 Å². The second-order valence-corrected chi connectivity index (χ2v) is 7.21. The Balaban J connectivity index is 2.37. The normalized spacial score (nSPS) is 21.7. The molecule has 20 heavy (non-hydrogen) atoms. The van der Waals surface area contributed by atoms with Crippen LogP contribution in [0.5, 0.6) is 0 Å². The van der Waals surface area contributed by atoms with Crippen molar-refractivity contribution in [3.05, 3.63) is 41.5 Å². The zero-order valence-electron chi connectivity index (χ0n) is 11.9. The molecule has 1 aliphatic rings. The Morgan fingerprint density at radius 2 is 1.95 bits per heavy atom. The molecule has 0 radical (unpaired) electrons. The zero-order valence-corrected chi connectivity index (χ0v) is 12.7. The molecular weight excluding hydrogens is 272 g/mol. The Hall–Kier alpha value is -1.13. The Kier molecular flexibility index (Phi) is 4.66. The highest BCUT2D eigenvalue weighted by Crippen LogP contribution is 2.43. The first kappa shape index (κ1) is 15.3. The topological polar surface area (TPSA) is 54.4 Å². The fraction of sp³-hybridized carbons (Fsp3) is 0.500. The minimum Gasteiger partial charge on any atom is -0.285 e. The minimum absolute atomic E-state index is 0.356. The standard InChI is InChI=1S/C16H22O3S/c1-2-3-4-7-12-16(20(17,18)19)13-8-10-14-9-5-6-11-15(14)16/h5-6,8-11H,2-4,7,12-13H2,1H3,(H,17,18,19). The van der Waals surface area contributed by atoms with Crippen LogP contribution in [0.3, 0.4) is 0 Å². The molecule has 0 saturated carbocycles. The van der Waals surface area contributed by atoms with Crippen molar-refractivity contribution in [2.75, 3.05) is 0 Å². The Bertz CT molecular complexity index is 589. The number of hydrogen-bond donors (Lipinski definition) is 1. The molecule has 0 bridgehead atoms. The average molecular weight is 294 g/mol. The van der Waals surface area contributed by atoms with Crippen molar-refractivity contribution >= 4 is 16.2 Å². The molecule has 0 saturated heterocycles. The highest BCUT2D eigenvalue weighted by molar-refractivity contribution is 7.86. The van der Waals surface area contributed by atoms with Gasteiger partial charge in [-0.05, 0) is 24.0 Å². The Labute approximate surface area is 121 Å². The lowest BCUT2D eigenvalue weighted by Crippen LogP contribution is -2.37. The van der Waals surface area contributed by atoms with E-state index >= 15 is 0 Å². The van der Waals surface area contributed by atoms with E-state index in [9.17, 15) is 13.0 Å². The summed E-state index contributed by atoms with van der Waals surface area (Å²) >= 11 is 0. The van der Waals surface area contributed by atoms with Crippen LogP contribution in [0.25, 0.3) is 6.08 Å². The maximum atomic E-state index is 12.1. The molecular formula is C16H22O3S. The maximum Gasteiger partial charge on any atom is 0.275 e. The number of unbranched alkanes of at least 4 members (excludes halogenated alkanes) is 3. The predicted octanol–water partition coefficient (Wildman–Crippen LogP) is 4.16. The molecule has 0 aromatic heterocycles. The van der Waals surface area contributed by atoms with Crippen LogP contribution in [-0.2, 0) is 14.9 Å². The van der Waals surface area contributed by atoms with Crippen molar-refractivity contribution in [2.24, 2.45) is 0 Å². The Morgan fingerprint density at radius 1 is 1.20 bits per heavy atom. The van der Waals surface area contributed by atoms with Crippen LogP contribution in [0.2, 0.25) is 0 Å². The number of fused-ring (bicyclic) bond motifs is 1. The van der Waals surface area contributed by atoms with Crippen molar-refractivity contribution in [2.45, 2.75) is 50.2 Å². The van der Waals surface area contributed by atoms with E-state index in [1.165, 1.54) is 0 Å². The van der Waals surface area contributed by atoms with Gasteiger partial charge in [0.1, 0.15) is 4.75 Å². The molecule has 0 aliphatic heterocycles. The van der Waals surface area contributed by atoms with Crippen LogP contribution >= 0.6 is 0 Å². The highest BCUT2D eigenvalue weighted by atomic mass is 32.2. The monoisotopic (exact) mass is 294 g/mol. The van der Waals surface area contributed by atoms with Crippen molar-refractivity contribution in [3.8, 4) is 0 Å². The molecule has 110 valence electrons. The van der Waals surface area contributed by atoms with Crippen LogP contribution in [0.4, 0.5) is 0 Å². The van der Waals surface area contributed by atoms with E-state index in [0.717, 1.165) is 36.8 Å². The number of benzene rings is 1. The Morgan fingerprint density at radius 3 is 2.65 bits per heavy atom. The van der Waals surface area contributed by atoms with Gasteiger partial charge in [0.2, 0.25) is 0 Å². The second-order valence-electron chi connectivity index (χ2n) is 5.47. The maximum absolute atomic E-state index is 12.1. The fourth-order valence-corrected chi connectivity index (χ4v) is 4.16. The third-order valence-corrected chi connectivity index (χ3v) is 5.70. The van der Waals surface area contributed by atoms with Crippen LogP contribution in [0.15, 0.2) is 30.3 Å². The molecule has 3 nitrogen and oxygen atoms in total. The van der Waals surface area contributed by atoms with Crippen LogP contribution in [-0.4, -0.2) is 13.0 Å². The third-order valence-electron chi connectivity index (χ3n) is 4.12. The largest absolute Gasteiger partial charge is 0.285 e. The highest BCUT2D eigenvalue weighted by Gasteiger charge is 2.45. The molecule has 2 rings (SSSR count). The van der Waals surface area contributed by atoms with Crippen LogP contribution in [0.1, 0.15) is 56.6 Å². The zero-order chi connectivity index (χ0) is 14.6. The van der Waals surface area contributed by atoms with E-state index in [-0.39, 0.29) is 0 Å². The number of hydrogen-bond acceptors (Lipinski definition) is 2.